The van der Waals surface area contributed by atoms with Crippen molar-refractivity contribution in [2.75, 3.05) is 20.2 Å². The maximum absolute atomic E-state index is 11.6. The fraction of sp³-hybridized carbons (Fsp3) is 0.562. The van der Waals surface area contributed by atoms with Gasteiger partial charge in [0, 0.05) is 31.6 Å². The summed E-state index contributed by atoms with van der Waals surface area (Å²) in [5.74, 6) is 0.376. The first-order chi connectivity index (χ1) is 10.6. The summed E-state index contributed by atoms with van der Waals surface area (Å²) >= 11 is 0. The maximum atomic E-state index is 11.6. The Morgan fingerprint density at radius 2 is 1.91 bits per heavy atom. The van der Waals surface area contributed by atoms with Gasteiger partial charge in [0.2, 0.25) is 17.7 Å². The number of nitrogens with one attached hydrogen (secondary N) is 1. The van der Waals surface area contributed by atoms with E-state index in [-0.39, 0.29) is 17.2 Å². The smallest absolute Gasteiger partial charge is 0.227 e. The Balaban J connectivity index is 1.57. The third-order valence-corrected chi connectivity index (χ3v) is 4.68. The number of carbonyl (C=O) groups is 2. The molecule has 2 saturated heterocycles. The van der Waals surface area contributed by atoms with Crippen molar-refractivity contribution in [3.8, 4) is 5.88 Å². The van der Waals surface area contributed by atoms with E-state index in [2.05, 4.69) is 15.2 Å². The van der Waals surface area contributed by atoms with Gasteiger partial charge in [0.15, 0.2) is 0 Å². The molecule has 0 unspecified atom stereocenters. The molecule has 6 nitrogen and oxygen atoms in total. The molecule has 22 heavy (non-hydrogen) atoms. The number of nitrogens with zero attached hydrogens (tertiary/aromatic N) is 2. The second-order valence-electron chi connectivity index (χ2n) is 6.31. The van der Waals surface area contributed by atoms with Crippen LogP contribution in [0.15, 0.2) is 18.3 Å². The minimum absolute atomic E-state index is 0.117. The molecule has 0 saturated carbocycles. The predicted octanol–water partition coefficient (Wildman–Crippen LogP) is 1.11. The van der Waals surface area contributed by atoms with E-state index in [4.69, 9.17) is 4.74 Å². The van der Waals surface area contributed by atoms with E-state index in [1.54, 1.807) is 7.11 Å². The van der Waals surface area contributed by atoms with Gasteiger partial charge in [0.25, 0.3) is 0 Å². The number of piperidine rings is 2. The summed E-state index contributed by atoms with van der Waals surface area (Å²) in [4.78, 5) is 29.8. The molecule has 0 aromatic carbocycles. The Hall–Kier alpha value is -1.95. The number of carbonyl (C=O) groups excluding carboxylic acids is 2. The van der Waals surface area contributed by atoms with Gasteiger partial charge in [-0.05, 0) is 36.9 Å². The van der Waals surface area contributed by atoms with E-state index in [9.17, 15) is 9.59 Å². The van der Waals surface area contributed by atoms with Crippen molar-refractivity contribution in [2.45, 2.75) is 32.2 Å². The molecule has 2 amide bonds. The largest absolute Gasteiger partial charge is 0.481 e. The van der Waals surface area contributed by atoms with Gasteiger partial charge in [-0.15, -0.1) is 0 Å². The van der Waals surface area contributed by atoms with E-state index in [0.29, 0.717) is 18.7 Å². The minimum Gasteiger partial charge on any atom is -0.481 e. The van der Waals surface area contributed by atoms with Crippen molar-refractivity contribution >= 4 is 11.8 Å². The lowest BCUT2D eigenvalue weighted by Crippen LogP contribution is -2.49. The molecule has 0 bridgehead atoms. The van der Waals surface area contributed by atoms with Crippen molar-refractivity contribution in [3.63, 3.8) is 0 Å². The maximum Gasteiger partial charge on any atom is 0.227 e. The number of pyridine rings is 1. The van der Waals surface area contributed by atoms with Gasteiger partial charge in [-0.3, -0.25) is 19.8 Å². The zero-order valence-electron chi connectivity index (χ0n) is 12.8. The number of likely N-dealkylation sites (tertiary alicyclic amines) is 1. The first-order valence-electron chi connectivity index (χ1n) is 7.63. The van der Waals surface area contributed by atoms with Crippen LogP contribution in [0.2, 0.25) is 0 Å². The molecule has 6 heteroatoms. The quantitative estimate of drug-likeness (QED) is 0.847. The number of rotatable bonds is 3. The number of amides is 2. The second-order valence-corrected chi connectivity index (χ2v) is 6.31. The average molecular weight is 303 g/mol. The second kappa shape index (κ2) is 6.04. The van der Waals surface area contributed by atoms with Crippen LogP contribution >= 0.6 is 0 Å². The van der Waals surface area contributed by atoms with Crippen LogP contribution in [0, 0.1) is 5.41 Å². The summed E-state index contributed by atoms with van der Waals surface area (Å²) in [5.41, 5.74) is 1.03. The van der Waals surface area contributed by atoms with Crippen molar-refractivity contribution in [2.24, 2.45) is 5.41 Å². The molecule has 3 heterocycles. The van der Waals surface area contributed by atoms with Gasteiger partial charge >= 0.3 is 0 Å². The number of imide groups is 1. The van der Waals surface area contributed by atoms with Crippen molar-refractivity contribution in [1.29, 1.82) is 0 Å². The molecular formula is C16H21N3O3. The predicted molar refractivity (Wildman–Crippen MR) is 80.1 cm³/mol. The summed E-state index contributed by atoms with van der Waals surface area (Å²) in [6, 6.07) is 3.89. The highest BCUT2D eigenvalue weighted by Gasteiger charge is 2.41. The monoisotopic (exact) mass is 303 g/mol. The third-order valence-electron chi connectivity index (χ3n) is 4.68. The normalized spacial score (nSPS) is 21.7. The van der Waals surface area contributed by atoms with E-state index in [1.165, 1.54) is 0 Å². The van der Waals surface area contributed by atoms with Gasteiger partial charge < -0.3 is 4.74 Å². The van der Waals surface area contributed by atoms with Crippen molar-refractivity contribution in [3.05, 3.63) is 23.9 Å². The van der Waals surface area contributed by atoms with Crippen LogP contribution in [-0.2, 0) is 16.1 Å². The molecule has 0 aliphatic carbocycles. The van der Waals surface area contributed by atoms with Crippen LogP contribution in [-0.4, -0.2) is 41.9 Å². The van der Waals surface area contributed by atoms with Crippen LogP contribution in [0.4, 0.5) is 0 Å². The van der Waals surface area contributed by atoms with E-state index >= 15 is 0 Å². The van der Waals surface area contributed by atoms with Gasteiger partial charge in [-0.2, -0.15) is 0 Å². The Kier molecular flexibility index (Phi) is 4.11. The standard InChI is InChI=1S/C16H21N3O3/c1-22-15-3-2-12(10-17-15)11-19-6-4-16(5-7-19)8-13(20)18-14(21)9-16/h2-3,10H,4-9,11H2,1H3,(H,18,20,21). The Morgan fingerprint density at radius 3 is 2.45 bits per heavy atom. The number of hydrogen-bond acceptors (Lipinski definition) is 5. The highest BCUT2D eigenvalue weighted by Crippen LogP contribution is 2.40. The summed E-state index contributed by atoms with van der Waals surface area (Å²) < 4.78 is 5.06. The first-order valence-corrected chi connectivity index (χ1v) is 7.63. The van der Waals surface area contributed by atoms with Crippen LogP contribution in [0.3, 0.4) is 0 Å². The molecule has 0 radical (unpaired) electrons. The lowest BCUT2D eigenvalue weighted by molar-refractivity contribution is -0.139. The van der Waals surface area contributed by atoms with Crippen molar-refractivity contribution < 1.29 is 14.3 Å². The molecule has 2 fully saturated rings. The summed E-state index contributed by atoms with van der Waals surface area (Å²) in [6.07, 6.45) is 4.60. The highest BCUT2D eigenvalue weighted by molar-refractivity contribution is 5.98. The molecular weight excluding hydrogens is 282 g/mol. The Labute approximate surface area is 129 Å². The topological polar surface area (TPSA) is 71.5 Å². The molecule has 118 valence electrons. The zero-order valence-corrected chi connectivity index (χ0v) is 12.8. The number of hydrogen-bond donors (Lipinski definition) is 1. The average Bonchev–Trinajstić information content (AvgIpc) is 2.49. The summed E-state index contributed by atoms with van der Waals surface area (Å²) in [7, 11) is 1.60. The van der Waals surface area contributed by atoms with E-state index < -0.39 is 0 Å². The molecule has 3 rings (SSSR count). The lowest BCUT2D eigenvalue weighted by Gasteiger charge is -2.43. The molecule has 1 N–H and O–H groups in total. The van der Waals surface area contributed by atoms with Crippen LogP contribution in [0.5, 0.6) is 5.88 Å². The summed E-state index contributed by atoms with van der Waals surface area (Å²) in [5, 5.41) is 2.40. The van der Waals surface area contributed by atoms with Crippen LogP contribution in [0.1, 0.15) is 31.2 Å². The number of aromatic nitrogens is 1. The minimum atomic E-state index is -0.121. The molecule has 2 aliphatic heterocycles. The zero-order chi connectivity index (χ0) is 15.6. The molecule has 2 aliphatic rings. The van der Waals surface area contributed by atoms with Crippen molar-refractivity contribution in [1.82, 2.24) is 15.2 Å². The van der Waals surface area contributed by atoms with E-state index in [0.717, 1.165) is 38.0 Å². The number of ether oxygens (including phenoxy) is 1. The Morgan fingerprint density at radius 1 is 1.23 bits per heavy atom. The summed E-state index contributed by atoms with van der Waals surface area (Å²) in [6.45, 7) is 2.66. The lowest BCUT2D eigenvalue weighted by atomic mass is 9.71. The van der Waals surface area contributed by atoms with Gasteiger partial charge in [0.1, 0.15) is 0 Å². The van der Waals surface area contributed by atoms with E-state index in [1.807, 2.05) is 18.3 Å². The molecule has 1 aromatic heterocycles. The molecule has 1 aromatic rings. The molecule has 1 spiro atoms. The number of methoxy groups -OCH3 is 1. The SMILES string of the molecule is COc1ccc(CN2CCC3(CC2)CC(=O)NC(=O)C3)cn1. The Bertz CT molecular complexity index is 545. The fourth-order valence-corrected chi connectivity index (χ4v) is 3.41. The van der Waals surface area contributed by atoms with Gasteiger partial charge in [0.05, 0.1) is 7.11 Å². The molecule has 0 atom stereocenters. The van der Waals surface area contributed by atoms with Gasteiger partial charge in [-0.25, -0.2) is 4.98 Å². The van der Waals surface area contributed by atoms with Crippen LogP contribution < -0.4 is 10.1 Å². The fourth-order valence-electron chi connectivity index (χ4n) is 3.41. The van der Waals surface area contributed by atoms with Gasteiger partial charge in [-0.1, -0.05) is 6.07 Å². The highest BCUT2D eigenvalue weighted by atomic mass is 16.5. The third kappa shape index (κ3) is 3.27. The first kappa shape index (κ1) is 15.0. The van der Waals surface area contributed by atoms with Crippen LogP contribution in [0.25, 0.3) is 0 Å².